The van der Waals surface area contributed by atoms with Crippen molar-refractivity contribution in [2.45, 2.75) is 39.2 Å². The van der Waals surface area contributed by atoms with Crippen molar-refractivity contribution < 1.29 is 23.9 Å². The van der Waals surface area contributed by atoms with Crippen LogP contribution in [-0.2, 0) is 19.1 Å². The van der Waals surface area contributed by atoms with Crippen LogP contribution in [0.15, 0.2) is 0 Å². The highest BCUT2D eigenvalue weighted by atomic mass is 32.1. The maximum atomic E-state index is 12.4. The van der Waals surface area contributed by atoms with E-state index >= 15 is 0 Å². The highest BCUT2D eigenvalue weighted by Crippen LogP contribution is 2.36. The molecule has 2 heterocycles. The fourth-order valence-corrected chi connectivity index (χ4v) is 3.34. The summed E-state index contributed by atoms with van der Waals surface area (Å²) in [5.74, 6) is -1.11. The standard InChI is InChI=1S/C15H17NO5S/c1-7-8(2)22-13(16-12(17)9-3-4-9)11(7)15(19)21-10-5-6-20-14(10)18/h9-10H,3-6H2,1-2H3,(H,16,17)/t10-/m1/s1. The molecule has 0 radical (unpaired) electrons. The summed E-state index contributed by atoms with van der Waals surface area (Å²) in [6.45, 7) is 3.96. The fraction of sp³-hybridized carbons (Fsp3) is 0.533. The number of carbonyl (C=O) groups is 3. The van der Waals surface area contributed by atoms with Gasteiger partial charge >= 0.3 is 11.9 Å². The minimum Gasteiger partial charge on any atom is -0.463 e. The van der Waals surface area contributed by atoms with E-state index in [4.69, 9.17) is 9.47 Å². The summed E-state index contributed by atoms with van der Waals surface area (Å²) in [6.07, 6.45) is 1.31. The Morgan fingerprint density at radius 1 is 1.27 bits per heavy atom. The molecule has 3 rings (SSSR count). The van der Waals surface area contributed by atoms with Gasteiger partial charge in [-0.15, -0.1) is 11.3 Å². The number of cyclic esters (lactones) is 1. The highest BCUT2D eigenvalue weighted by Gasteiger charge is 2.34. The molecular weight excluding hydrogens is 306 g/mol. The van der Waals surface area contributed by atoms with Gasteiger partial charge < -0.3 is 14.8 Å². The zero-order valence-electron chi connectivity index (χ0n) is 12.4. The minimum atomic E-state index is -0.848. The first-order valence-electron chi connectivity index (χ1n) is 7.26. The molecule has 1 N–H and O–H groups in total. The maximum absolute atomic E-state index is 12.4. The number of nitrogens with one attached hydrogen (secondary N) is 1. The predicted molar refractivity (Wildman–Crippen MR) is 79.9 cm³/mol. The summed E-state index contributed by atoms with van der Waals surface area (Å²) < 4.78 is 10.0. The largest absolute Gasteiger partial charge is 0.463 e. The SMILES string of the molecule is Cc1sc(NC(=O)C2CC2)c(C(=O)O[C@@H]2CCOC2=O)c1C. The first kappa shape index (κ1) is 15.0. The van der Waals surface area contributed by atoms with Crippen molar-refractivity contribution >= 4 is 34.2 Å². The van der Waals surface area contributed by atoms with Crippen molar-refractivity contribution in [2.24, 2.45) is 5.92 Å². The molecule has 1 aromatic heterocycles. The van der Waals surface area contributed by atoms with Crippen LogP contribution in [-0.4, -0.2) is 30.6 Å². The van der Waals surface area contributed by atoms with Crippen molar-refractivity contribution in [1.29, 1.82) is 0 Å². The second-order valence-electron chi connectivity index (χ2n) is 5.60. The first-order valence-corrected chi connectivity index (χ1v) is 8.07. The average molecular weight is 323 g/mol. The molecule has 1 aliphatic heterocycles. The first-order chi connectivity index (χ1) is 10.5. The molecule has 0 spiro atoms. The molecule has 1 saturated heterocycles. The van der Waals surface area contributed by atoms with Crippen LogP contribution in [0.5, 0.6) is 0 Å². The predicted octanol–water partition coefficient (Wildman–Crippen LogP) is 2.19. The maximum Gasteiger partial charge on any atom is 0.347 e. The Labute approximate surface area is 131 Å². The second kappa shape index (κ2) is 5.72. The number of rotatable bonds is 4. The number of carbonyl (C=O) groups excluding carboxylic acids is 3. The van der Waals surface area contributed by atoms with E-state index in [1.807, 2.05) is 13.8 Å². The zero-order valence-corrected chi connectivity index (χ0v) is 13.2. The smallest absolute Gasteiger partial charge is 0.347 e. The van der Waals surface area contributed by atoms with Crippen LogP contribution in [0, 0.1) is 19.8 Å². The third-order valence-electron chi connectivity index (χ3n) is 3.91. The molecule has 118 valence electrons. The topological polar surface area (TPSA) is 81.7 Å². The molecule has 1 atom stereocenters. The van der Waals surface area contributed by atoms with Crippen molar-refractivity contribution in [3.05, 3.63) is 16.0 Å². The van der Waals surface area contributed by atoms with Gasteiger partial charge in [0.25, 0.3) is 0 Å². The zero-order chi connectivity index (χ0) is 15.9. The lowest BCUT2D eigenvalue weighted by molar-refractivity contribution is -0.145. The van der Waals surface area contributed by atoms with Gasteiger partial charge in [0.1, 0.15) is 5.00 Å². The molecule has 6 nitrogen and oxygen atoms in total. The number of hydrogen-bond acceptors (Lipinski definition) is 6. The van der Waals surface area contributed by atoms with Gasteiger partial charge in [0.15, 0.2) is 0 Å². The van der Waals surface area contributed by atoms with Crippen LogP contribution in [0.3, 0.4) is 0 Å². The number of esters is 2. The monoisotopic (exact) mass is 323 g/mol. The number of thiophene rings is 1. The Hall–Kier alpha value is -1.89. The minimum absolute atomic E-state index is 0.0522. The van der Waals surface area contributed by atoms with Crippen molar-refractivity contribution in [2.75, 3.05) is 11.9 Å². The summed E-state index contributed by atoms with van der Waals surface area (Å²) in [7, 11) is 0. The molecule has 1 saturated carbocycles. The van der Waals surface area contributed by atoms with Crippen molar-refractivity contribution in [1.82, 2.24) is 0 Å². The molecule has 0 aromatic carbocycles. The van der Waals surface area contributed by atoms with E-state index in [1.54, 1.807) is 0 Å². The van der Waals surface area contributed by atoms with Gasteiger partial charge in [0, 0.05) is 17.2 Å². The fourth-order valence-electron chi connectivity index (χ4n) is 2.29. The van der Waals surface area contributed by atoms with Crippen LogP contribution in [0.25, 0.3) is 0 Å². The van der Waals surface area contributed by atoms with Crippen LogP contribution in [0.1, 0.15) is 40.1 Å². The molecule has 1 aliphatic carbocycles. The molecule has 0 bridgehead atoms. The Kier molecular flexibility index (Phi) is 3.90. The van der Waals surface area contributed by atoms with E-state index in [0.29, 0.717) is 17.0 Å². The van der Waals surface area contributed by atoms with E-state index in [1.165, 1.54) is 11.3 Å². The van der Waals surface area contributed by atoms with Crippen LogP contribution >= 0.6 is 11.3 Å². The Bertz CT molecular complexity index is 647. The Morgan fingerprint density at radius 3 is 2.59 bits per heavy atom. The highest BCUT2D eigenvalue weighted by molar-refractivity contribution is 7.16. The molecule has 1 amide bonds. The lowest BCUT2D eigenvalue weighted by atomic mass is 10.1. The lowest BCUT2D eigenvalue weighted by Crippen LogP contribution is -2.24. The molecule has 2 fully saturated rings. The van der Waals surface area contributed by atoms with E-state index in [0.717, 1.165) is 23.3 Å². The number of ether oxygens (including phenoxy) is 2. The molecule has 22 heavy (non-hydrogen) atoms. The molecule has 1 aromatic rings. The molecule has 0 unspecified atom stereocenters. The van der Waals surface area contributed by atoms with Crippen molar-refractivity contribution in [3.63, 3.8) is 0 Å². The van der Waals surface area contributed by atoms with Crippen molar-refractivity contribution in [3.8, 4) is 0 Å². The number of aryl methyl sites for hydroxylation is 1. The van der Waals surface area contributed by atoms with Crippen LogP contribution in [0.4, 0.5) is 5.00 Å². The Morgan fingerprint density at radius 2 is 2.00 bits per heavy atom. The average Bonchev–Trinajstić information content (AvgIpc) is 3.18. The number of hydrogen-bond donors (Lipinski definition) is 1. The lowest BCUT2D eigenvalue weighted by Gasteiger charge is -2.10. The van der Waals surface area contributed by atoms with E-state index in [-0.39, 0.29) is 18.4 Å². The van der Waals surface area contributed by atoms with Crippen LogP contribution in [0.2, 0.25) is 0 Å². The second-order valence-corrected chi connectivity index (χ2v) is 6.83. The number of anilines is 1. The molecule has 7 heteroatoms. The summed E-state index contributed by atoms with van der Waals surface area (Å²) in [5.41, 5.74) is 1.11. The van der Waals surface area contributed by atoms with Gasteiger partial charge in [-0.3, -0.25) is 4.79 Å². The Balaban J connectivity index is 1.79. The third-order valence-corrected chi connectivity index (χ3v) is 5.03. The summed E-state index contributed by atoms with van der Waals surface area (Å²) in [6, 6.07) is 0. The molecular formula is C15H17NO5S. The van der Waals surface area contributed by atoms with Gasteiger partial charge in [-0.2, -0.15) is 0 Å². The van der Waals surface area contributed by atoms with Gasteiger partial charge in [0.2, 0.25) is 12.0 Å². The summed E-state index contributed by atoms with van der Waals surface area (Å²) in [4.78, 5) is 36.7. The van der Waals surface area contributed by atoms with E-state index in [2.05, 4.69) is 5.32 Å². The summed E-state index contributed by atoms with van der Waals surface area (Å²) >= 11 is 1.35. The van der Waals surface area contributed by atoms with Gasteiger partial charge in [-0.05, 0) is 32.3 Å². The van der Waals surface area contributed by atoms with E-state index < -0.39 is 18.0 Å². The van der Waals surface area contributed by atoms with Gasteiger partial charge in [-0.25, -0.2) is 9.59 Å². The van der Waals surface area contributed by atoms with E-state index in [9.17, 15) is 14.4 Å². The third kappa shape index (κ3) is 2.85. The normalized spacial score (nSPS) is 20.6. The number of amides is 1. The molecule has 2 aliphatic rings. The quantitative estimate of drug-likeness (QED) is 0.859. The summed E-state index contributed by atoms with van der Waals surface area (Å²) in [5, 5.41) is 3.32. The van der Waals surface area contributed by atoms with Crippen LogP contribution < -0.4 is 5.32 Å². The van der Waals surface area contributed by atoms with Gasteiger partial charge in [0.05, 0.1) is 12.2 Å². The van der Waals surface area contributed by atoms with Gasteiger partial charge in [-0.1, -0.05) is 0 Å².